The second kappa shape index (κ2) is 31.8. The van der Waals surface area contributed by atoms with E-state index < -0.39 is 6.04 Å². The standard InChI is InChI=1S/C36H72N2O3/c1-4-6-8-10-12-14-16-18-19-20-21-23-25-27-29-31-35(40)38(3)34(33-39)36(41)37-32-30-28-26-24-22-17-15-13-11-9-7-5-2/h34,39H,4-33H2,1-3H3,(H,37,41)/t34-/m0/s1. The summed E-state index contributed by atoms with van der Waals surface area (Å²) >= 11 is 0. The number of unbranched alkanes of at least 4 members (excludes halogenated alkanes) is 25. The van der Waals surface area contributed by atoms with Crippen LogP contribution in [-0.2, 0) is 9.59 Å². The lowest BCUT2D eigenvalue weighted by Gasteiger charge is -2.26. The Hall–Kier alpha value is -1.10. The molecule has 5 nitrogen and oxygen atoms in total. The highest BCUT2D eigenvalue weighted by Gasteiger charge is 2.25. The fraction of sp³-hybridized carbons (Fsp3) is 0.944. The lowest BCUT2D eigenvalue weighted by Crippen LogP contribution is -2.49. The molecule has 0 aliphatic rings. The minimum Gasteiger partial charge on any atom is -0.394 e. The molecule has 1 atom stereocenters. The Bertz CT molecular complexity index is 569. The third-order valence-corrected chi connectivity index (χ3v) is 8.66. The van der Waals surface area contributed by atoms with Gasteiger partial charge in [-0.15, -0.1) is 0 Å². The van der Waals surface area contributed by atoms with Gasteiger partial charge in [0.1, 0.15) is 6.04 Å². The zero-order chi connectivity index (χ0) is 30.2. The van der Waals surface area contributed by atoms with Gasteiger partial charge in [0.05, 0.1) is 6.61 Å². The number of aliphatic hydroxyl groups is 1. The Morgan fingerprint density at radius 3 is 1.20 bits per heavy atom. The van der Waals surface area contributed by atoms with Crippen molar-refractivity contribution in [2.24, 2.45) is 0 Å². The van der Waals surface area contributed by atoms with Crippen molar-refractivity contribution in [3.8, 4) is 0 Å². The van der Waals surface area contributed by atoms with E-state index in [-0.39, 0.29) is 18.4 Å². The molecule has 0 aromatic carbocycles. The molecule has 0 saturated heterocycles. The van der Waals surface area contributed by atoms with Gasteiger partial charge in [0.25, 0.3) is 0 Å². The number of nitrogens with one attached hydrogen (secondary N) is 1. The normalized spacial score (nSPS) is 12.0. The van der Waals surface area contributed by atoms with E-state index in [2.05, 4.69) is 19.2 Å². The van der Waals surface area contributed by atoms with Gasteiger partial charge in [-0.1, -0.05) is 174 Å². The lowest BCUT2D eigenvalue weighted by molar-refractivity contribution is -0.140. The van der Waals surface area contributed by atoms with Crippen LogP contribution in [0, 0.1) is 0 Å². The maximum absolute atomic E-state index is 12.6. The van der Waals surface area contributed by atoms with Crippen molar-refractivity contribution in [1.29, 1.82) is 0 Å². The van der Waals surface area contributed by atoms with Crippen LogP contribution in [0.2, 0.25) is 0 Å². The van der Waals surface area contributed by atoms with E-state index in [1.54, 1.807) is 7.05 Å². The number of rotatable bonds is 32. The fourth-order valence-corrected chi connectivity index (χ4v) is 5.67. The van der Waals surface area contributed by atoms with E-state index in [1.165, 1.54) is 153 Å². The molecule has 2 amide bonds. The smallest absolute Gasteiger partial charge is 0.245 e. The van der Waals surface area contributed by atoms with E-state index in [1.807, 2.05) is 0 Å². The Balaban J connectivity index is 3.68. The van der Waals surface area contributed by atoms with E-state index >= 15 is 0 Å². The van der Waals surface area contributed by atoms with Crippen molar-refractivity contribution in [1.82, 2.24) is 10.2 Å². The maximum Gasteiger partial charge on any atom is 0.245 e. The summed E-state index contributed by atoms with van der Waals surface area (Å²) in [5.74, 6) is -0.276. The van der Waals surface area contributed by atoms with Gasteiger partial charge >= 0.3 is 0 Å². The fourth-order valence-electron chi connectivity index (χ4n) is 5.67. The first-order chi connectivity index (χ1) is 20.1. The van der Waals surface area contributed by atoms with Gasteiger partial charge in [-0.25, -0.2) is 0 Å². The number of aliphatic hydroxyl groups excluding tert-OH is 1. The first-order valence-corrected chi connectivity index (χ1v) is 18.2. The summed E-state index contributed by atoms with van der Waals surface area (Å²) < 4.78 is 0. The number of amides is 2. The maximum atomic E-state index is 12.6. The first kappa shape index (κ1) is 39.9. The number of likely N-dealkylation sites (N-methyl/N-ethyl adjacent to an activating group) is 1. The van der Waals surface area contributed by atoms with Crippen molar-refractivity contribution in [2.45, 2.75) is 200 Å². The summed E-state index contributed by atoms with van der Waals surface area (Å²) in [4.78, 5) is 26.6. The molecule has 5 heteroatoms. The van der Waals surface area contributed by atoms with Crippen molar-refractivity contribution < 1.29 is 14.7 Å². The molecule has 0 aromatic rings. The molecule has 0 radical (unpaired) electrons. The highest BCUT2D eigenvalue weighted by Crippen LogP contribution is 2.15. The van der Waals surface area contributed by atoms with Crippen LogP contribution in [0.1, 0.15) is 194 Å². The van der Waals surface area contributed by atoms with Gasteiger partial charge in [0, 0.05) is 20.0 Å². The molecule has 0 bridgehead atoms. The molecular weight excluding hydrogens is 508 g/mol. The van der Waals surface area contributed by atoms with Crippen LogP contribution in [0.25, 0.3) is 0 Å². The molecule has 0 spiro atoms. The highest BCUT2D eigenvalue weighted by molar-refractivity contribution is 5.87. The summed E-state index contributed by atoms with van der Waals surface area (Å²) in [5, 5.41) is 12.7. The molecule has 0 fully saturated rings. The minimum absolute atomic E-state index is 0.0424. The summed E-state index contributed by atoms with van der Waals surface area (Å²) in [6.45, 7) is 4.83. The molecule has 0 aliphatic heterocycles. The number of hydrogen-bond donors (Lipinski definition) is 2. The Kier molecular flexibility index (Phi) is 31.0. The van der Waals surface area contributed by atoms with Crippen LogP contribution in [0.3, 0.4) is 0 Å². The summed E-state index contributed by atoms with van der Waals surface area (Å²) in [5.41, 5.74) is 0. The van der Waals surface area contributed by atoms with Crippen LogP contribution < -0.4 is 5.32 Å². The molecule has 0 aromatic heterocycles. The molecular formula is C36H72N2O3. The quantitative estimate of drug-likeness (QED) is 0.0778. The monoisotopic (exact) mass is 581 g/mol. The van der Waals surface area contributed by atoms with Crippen LogP contribution in [0.4, 0.5) is 0 Å². The van der Waals surface area contributed by atoms with Gasteiger partial charge in [0.15, 0.2) is 0 Å². The molecule has 0 rings (SSSR count). The topological polar surface area (TPSA) is 69.6 Å². The molecule has 0 heterocycles. The summed E-state index contributed by atoms with van der Waals surface area (Å²) in [7, 11) is 1.65. The van der Waals surface area contributed by atoms with E-state index in [0.29, 0.717) is 13.0 Å². The molecule has 0 unspecified atom stereocenters. The third kappa shape index (κ3) is 26.3. The van der Waals surface area contributed by atoms with Crippen LogP contribution in [-0.4, -0.2) is 48.1 Å². The molecule has 41 heavy (non-hydrogen) atoms. The second-order valence-corrected chi connectivity index (χ2v) is 12.6. The first-order valence-electron chi connectivity index (χ1n) is 18.2. The average Bonchev–Trinajstić information content (AvgIpc) is 2.97. The zero-order valence-electron chi connectivity index (χ0n) is 28.0. The van der Waals surface area contributed by atoms with Crippen LogP contribution in [0.5, 0.6) is 0 Å². The Morgan fingerprint density at radius 2 is 0.854 bits per heavy atom. The Labute approximate surface area is 256 Å². The highest BCUT2D eigenvalue weighted by atomic mass is 16.3. The summed E-state index contributed by atoms with van der Waals surface area (Å²) in [6.07, 6.45) is 35.4. The zero-order valence-corrected chi connectivity index (χ0v) is 28.0. The number of nitrogens with zero attached hydrogens (tertiary/aromatic N) is 1. The third-order valence-electron chi connectivity index (χ3n) is 8.66. The SMILES string of the molecule is CCCCCCCCCCCCCCCCCC(=O)N(C)[C@@H](CO)C(=O)NCCCCCCCCCCCCCC. The van der Waals surface area contributed by atoms with Gasteiger partial charge in [-0.05, 0) is 12.8 Å². The molecule has 0 saturated carbocycles. The van der Waals surface area contributed by atoms with Gasteiger partial charge in [-0.2, -0.15) is 0 Å². The predicted molar refractivity (Wildman–Crippen MR) is 177 cm³/mol. The van der Waals surface area contributed by atoms with E-state index in [0.717, 1.165) is 25.7 Å². The number of carbonyl (C=O) groups excluding carboxylic acids is 2. The van der Waals surface area contributed by atoms with Crippen molar-refractivity contribution in [3.05, 3.63) is 0 Å². The number of carbonyl (C=O) groups is 2. The summed E-state index contributed by atoms with van der Waals surface area (Å²) in [6, 6.07) is -0.781. The van der Waals surface area contributed by atoms with Crippen LogP contribution in [0.15, 0.2) is 0 Å². The average molecular weight is 581 g/mol. The molecule has 244 valence electrons. The number of hydrogen-bond acceptors (Lipinski definition) is 3. The Morgan fingerprint density at radius 1 is 0.537 bits per heavy atom. The van der Waals surface area contributed by atoms with Crippen LogP contribution >= 0.6 is 0 Å². The van der Waals surface area contributed by atoms with E-state index in [9.17, 15) is 14.7 Å². The van der Waals surface area contributed by atoms with Crippen molar-refractivity contribution in [3.63, 3.8) is 0 Å². The predicted octanol–water partition coefficient (Wildman–Crippen LogP) is 9.88. The molecule has 2 N–H and O–H groups in total. The molecule has 0 aliphatic carbocycles. The van der Waals surface area contributed by atoms with Crippen molar-refractivity contribution >= 4 is 11.8 Å². The largest absolute Gasteiger partial charge is 0.394 e. The lowest BCUT2D eigenvalue weighted by atomic mass is 10.0. The van der Waals surface area contributed by atoms with Gasteiger partial charge < -0.3 is 15.3 Å². The van der Waals surface area contributed by atoms with Gasteiger partial charge in [-0.3, -0.25) is 9.59 Å². The van der Waals surface area contributed by atoms with E-state index in [4.69, 9.17) is 0 Å². The van der Waals surface area contributed by atoms with Crippen molar-refractivity contribution in [2.75, 3.05) is 20.2 Å². The second-order valence-electron chi connectivity index (χ2n) is 12.6. The minimum atomic E-state index is -0.781. The van der Waals surface area contributed by atoms with Gasteiger partial charge in [0.2, 0.25) is 11.8 Å².